The van der Waals surface area contributed by atoms with E-state index in [1.54, 1.807) is 6.08 Å². The molecule has 0 saturated carbocycles. The molecular formula is C21H17NO. The van der Waals surface area contributed by atoms with Gasteiger partial charge in [0.1, 0.15) is 5.76 Å². The van der Waals surface area contributed by atoms with E-state index in [4.69, 9.17) is 0 Å². The molecule has 23 heavy (non-hydrogen) atoms. The molecule has 0 spiro atoms. The van der Waals surface area contributed by atoms with E-state index in [0.717, 1.165) is 16.7 Å². The number of hydrogen-bond acceptors (Lipinski definition) is 1. The SMILES string of the molecule is C=C(O)/C=C(\C)n1c2ccccc2c2cc3ccccc3cc21. The number of allylic oxidation sites excluding steroid dienone is 2. The van der Waals surface area contributed by atoms with Gasteiger partial charge in [-0.2, -0.15) is 0 Å². The first-order chi connectivity index (χ1) is 11.1. The van der Waals surface area contributed by atoms with Crippen molar-refractivity contribution in [2.24, 2.45) is 0 Å². The molecule has 0 aliphatic rings. The third-order valence-corrected chi connectivity index (χ3v) is 4.27. The lowest BCUT2D eigenvalue weighted by Gasteiger charge is -2.08. The molecule has 0 fully saturated rings. The Morgan fingerprint density at radius 3 is 2.30 bits per heavy atom. The van der Waals surface area contributed by atoms with Crippen molar-refractivity contribution in [2.45, 2.75) is 6.92 Å². The topological polar surface area (TPSA) is 25.2 Å². The number of nitrogens with zero attached hydrogens (tertiary/aromatic N) is 1. The van der Waals surface area contributed by atoms with Gasteiger partial charge in [-0.15, -0.1) is 0 Å². The van der Waals surface area contributed by atoms with Crippen LogP contribution in [0.25, 0.3) is 38.3 Å². The van der Waals surface area contributed by atoms with Gasteiger partial charge in [0, 0.05) is 16.5 Å². The molecule has 0 saturated heterocycles. The minimum atomic E-state index is 0.0641. The van der Waals surface area contributed by atoms with Crippen molar-refractivity contribution in [1.82, 2.24) is 4.57 Å². The molecule has 1 aromatic heterocycles. The van der Waals surface area contributed by atoms with Gasteiger partial charge in [-0.25, -0.2) is 0 Å². The number of aromatic nitrogens is 1. The summed E-state index contributed by atoms with van der Waals surface area (Å²) in [7, 11) is 0. The Morgan fingerprint density at radius 2 is 1.57 bits per heavy atom. The first-order valence-corrected chi connectivity index (χ1v) is 7.63. The van der Waals surface area contributed by atoms with Gasteiger partial charge in [-0.1, -0.05) is 49.0 Å². The highest BCUT2D eigenvalue weighted by molar-refractivity contribution is 6.14. The van der Waals surface area contributed by atoms with Crippen LogP contribution in [-0.4, -0.2) is 9.67 Å². The van der Waals surface area contributed by atoms with Gasteiger partial charge in [0.2, 0.25) is 0 Å². The highest BCUT2D eigenvalue weighted by Gasteiger charge is 2.12. The first-order valence-electron chi connectivity index (χ1n) is 7.63. The molecule has 0 atom stereocenters. The number of para-hydroxylation sites is 1. The number of aliphatic hydroxyl groups excluding tert-OH is 1. The molecule has 2 nitrogen and oxygen atoms in total. The summed E-state index contributed by atoms with van der Waals surface area (Å²) in [5, 5.41) is 14.4. The molecule has 112 valence electrons. The van der Waals surface area contributed by atoms with Crippen molar-refractivity contribution in [3.8, 4) is 0 Å². The Morgan fingerprint density at radius 1 is 0.913 bits per heavy atom. The van der Waals surface area contributed by atoms with Crippen LogP contribution >= 0.6 is 0 Å². The van der Waals surface area contributed by atoms with Gasteiger partial charge >= 0.3 is 0 Å². The van der Waals surface area contributed by atoms with Crippen molar-refractivity contribution >= 4 is 38.3 Å². The fourth-order valence-electron chi connectivity index (χ4n) is 3.34. The zero-order valence-electron chi connectivity index (χ0n) is 13.0. The third kappa shape index (κ3) is 2.11. The van der Waals surface area contributed by atoms with E-state index in [1.807, 2.05) is 13.0 Å². The molecule has 0 amide bonds. The zero-order chi connectivity index (χ0) is 16.0. The second kappa shape index (κ2) is 5.03. The second-order valence-corrected chi connectivity index (χ2v) is 5.85. The van der Waals surface area contributed by atoms with E-state index >= 15 is 0 Å². The van der Waals surface area contributed by atoms with E-state index < -0.39 is 0 Å². The van der Waals surface area contributed by atoms with E-state index in [9.17, 15) is 5.11 Å². The summed E-state index contributed by atoms with van der Waals surface area (Å²) in [6.45, 7) is 5.57. The summed E-state index contributed by atoms with van der Waals surface area (Å²) in [6, 6.07) is 21.2. The molecule has 0 radical (unpaired) electrons. The maximum Gasteiger partial charge on any atom is 0.110 e. The molecule has 0 bridgehead atoms. The summed E-state index contributed by atoms with van der Waals surface area (Å²) >= 11 is 0. The standard InChI is InChI=1S/C21H17NO/c1-14(11-15(2)23)22-20-10-6-5-9-18(20)19-12-16-7-3-4-8-17(16)13-21(19)22/h3-13,23H,2H2,1H3/b14-11+. The van der Waals surface area contributed by atoms with E-state index in [0.29, 0.717) is 0 Å². The van der Waals surface area contributed by atoms with Gasteiger partial charge in [-0.3, -0.25) is 0 Å². The van der Waals surface area contributed by atoms with Crippen molar-refractivity contribution in [1.29, 1.82) is 0 Å². The molecule has 0 aliphatic carbocycles. The monoisotopic (exact) mass is 299 g/mol. The number of aliphatic hydroxyl groups is 1. The Hall–Kier alpha value is -3.00. The van der Waals surface area contributed by atoms with Crippen LogP contribution in [0, 0.1) is 0 Å². The highest BCUT2D eigenvalue weighted by Crippen LogP contribution is 2.34. The Labute approximate surface area is 134 Å². The normalized spacial score (nSPS) is 12.3. The van der Waals surface area contributed by atoms with Crippen LogP contribution in [0.15, 0.2) is 79.1 Å². The number of hydrogen-bond donors (Lipinski definition) is 1. The summed E-state index contributed by atoms with van der Waals surface area (Å²) < 4.78 is 2.18. The van der Waals surface area contributed by atoms with Crippen LogP contribution in [0.5, 0.6) is 0 Å². The zero-order valence-corrected chi connectivity index (χ0v) is 13.0. The lowest BCUT2D eigenvalue weighted by atomic mass is 10.1. The van der Waals surface area contributed by atoms with Gasteiger partial charge in [0.05, 0.1) is 11.0 Å². The number of fused-ring (bicyclic) bond motifs is 4. The molecule has 4 aromatic rings. The molecule has 4 rings (SSSR count). The van der Waals surface area contributed by atoms with Crippen LogP contribution in [0.4, 0.5) is 0 Å². The Bertz CT molecular complexity index is 1100. The predicted molar refractivity (Wildman–Crippen MR) is 98.7 cm³/mol. The van der Waals surface area contributed by atoms with E-state index in [-0.39, 0.29) is 5.76 Å². The van der Waals surface area contributed by atoms with Gasteiger partial charge in [-0.05, 0) is 42.0 Å². The van der Waals surface area contributed by atoms with Crippen molar-refractivity contribution in [3.63, 3.8) is 0 Å². The minimum Gasteiger partial charge on any atom is -0.509 e. The highest BCUT2D eigenvalue weighted by atomic mass is 16.3. The van der Waals surface area contributed by atoms with Crippen LogP contribution in [0.2, 0.25) is 0 Å². The summed E-state index contributed by atoms with van der Waals surface area (Å²) in [4.78, 5) is 0. The predicted octanol–water partition coefficient (Wildman–Crippen LogP) is 5.88. The summed E-state index contributed by atoms with van der Waals surface area (Å²) in [5.74, 6) is 0.0641. The lowest BCUT2D eigenvalue weighted by molar-refractivity contribution is 0.435. The molecule has 1 heterocycles. The smallest absolute Gasteiger partial charge is 0.110 e. The largest absolute Gasteiger partial charge is 0.509 e. The molecule has 3 aromatic carbocycles. The van der Waals surface area contributed by atoms with Crippen molar-refractivity contribution in [3.05, 3.63) is 79.1 Å². The van der Waals surface area contributed by atoms with Gasteiger partial charge in [0.15, 0.2) is 0 Å². The van der Waals surface area contributed by atoms with E-state index in [2.05, 4.69) is 65.7 Å². The fourth-order valence-corrected chi connectivity index (χ4v) is 3.34. The van der Waals surface area contributed by atoms with Crippen LogP contribution in [-0.2, 0) is 0 Å². The van der Waals surface area contributed by atoms with Crippen LogP contribution < -0.4 is 0 Å². The number of rotatable bonds is 2. The first kappa shape index (κ1) is 13.6. The van der Waals surface area contributed by atoms with E-state index in [1.165, 1.54) is 21.5 Å². The minimum absolute atomic E-state index is 0.0641. The molecule has 0 unspecified atom stereocenters. The summed E-state index contributed by atoms with van der Waals surface area (Å²) in [5.41, 5.74) is 3.21. The quantitative estimate of drug-likeness (QED) is 0.363. The molecule has 0 aliphatic heterocycles. The number of benzene rings is 3. The average Bonchev–Trinajstić information content (AvgIpc) is 2.85. The van der Waals surface area contributed by atoms with Crippen molar-refractivity contribution < 1.29 is 5.11 Å². The lowest BCUT2D eigenvalue weighted by Crippen LogP contribution is -1.93. The van der Waals surface area contributed by atoms with Crippen molar-refractivity contribution in [2.75, 3.05) is 0 Å². The fraction of sp³-hybridized carbons (Fsp3) is 0.0476. The Kier molecular flexibility index (Phi) is 2.98. The molecule has 1 N–H and O–H groups in total. The molecule has 2 heteroatoms. The Balaban J connectivity index is 2.21. The maximum absolute atomic E-state index is 9.55. The third-order valence-electron chi connectivity index (χ3n) is 4.27. The van der Waals surface area contributed by atoms with Crippen LogP contribution in [0.1, 0.15) is 6.92 Å². The molecular weight excluding hydrogens is 282 g/mol. The second-order valence-electron chi connectivity index (χ2n) is 5.85. The van der Waals surface area contributed by atoms with Crippen LogP contribution in [0.3, 0.4) is 0 Å². The maximum atomic E-state index is 9.55. The van der Waals surface area contributed by atoms with Gasteiger partial charge in [0.25, 0.3) is 0 Å². The average molecular weight is 299 g/mol. The summed E-state index contributed by atoms with van der Waals surface area (Å²) in [6.07, 6.45) is 1.70. The van der Waals surface area contributed by atoms with Gasteiger partial charge < -0.3 is 9.67 Å².